The molecule has 21 heavy (non-hydrogen) atoms. The number of aliphatic imine (C=N–C) groups is 1. The molecule has 1 aliphatic heterocycles. The first-order chi connectivity index (χ1) is 10.2. The van der Waals surface area contributed by atoms with Crippen molar-refractivity contribution in [3.05, 3.63) is 39.5 Å². The van der Waals surface area contributed by atoms with Gasteiger partial charge >= 0.3 is 0 Å². The normalized spacial score (nSPS) is 15.9. The van der Waals surface area contributed by atoms with E-state index in [9.17, 15) is 5.11 Å². The maximum absolute atomic E-state index is 10.4. The monoisotopic (exact) mass is 299 g/mol. The summed E-state index contributed by atoms with van der Waals surface area (Å²) in [7, 11) is 0. The Balaban J connectivity index is 2.10. The quantitative estimate of drug-likeness (QED) is 0.927. The first-order valence-electron chi connectivity index (χ1n) is 7.02. The fourth-order valence-corrected chi connectivity index (χ4v) is 3.45. The molecule has 0 radical (unpaired) electrons. The fourth-order valence-electron chi connectivity index (χ4n) is 2.35. The third-order valence-electron chi connectivity index (χ3n) is 3.36. The van der Waals surface area contributed by atoms with Gasteiger partial charge in [0.05, 0.1) is 10.6 Å². The Kier molecular flexibility index (Phi) is 3.75. The van der Waals surface area contributed by atoms with Crippen LogP contribution in [-0.2, 0) is 6.54 Å². The summed E-state index contributed by atoms with van der Waals surface area (Å²) in [6.07, 6.45) is 3.83. The zero-order valence-corrected chi connectivity index (χ0v) is 12.9. The maximum Gasteiger partial charge on any atom is 0.211 e. The summed E-state index contributed by atoms with van der Waals surface area (Å²) in [5.41, 5.74) is 3.09. The van der Waals surface area contributed by atoms with Crippen molar-refractivity contribution in [2.75, 3.05) is 6.54 Å². The summed E-state index contributed by atoms with van der Waals surface area (Å²) in [5.74, 6) is 0.278. The number of benzene rings is 1. The van der Waals surface area contributed by atoms with Crippen molar-refractivity contribution in [3.63, 3.8) is 0 Å². The predicted octanol–water partition coefficient (Wildman–Crippen LogP) is 3.45. The van der Waals surface area contributed by atoms with E-state index in [4.69, 9.17) is 0 Å². The van der Waals surface area contributed by atoms with Crippen molar-refractivity contribution in [3.8, 4) is 5.88 Å². The van der Waals surface area contributed by atoms with Crippen LogP contribution in [-0.4, -0.2) is 22.4 Å². The Morgan fingerprint density at radius 3 is 2.90 bits per heavy atom. The molecule has 2 heterocycles. The summed E-state index contributed by atoms with van der Waals surface area (Å²) in [6.45, 7) is 5.41. The second-order valence-corrected chi connectivity index (χ2v) is 5.68. The van der Waals surface area contributed by atoms with Crippen molar-refractivity contribution >= 4 is 34.9 Å². The summed E-state index contributed by atoms with van der Waals surface area (Å²) < 4.78 is 1.83. The van der Waals surface area contributed by atoms with Gasteiger partial charge in [-0.3, -0.25) is 14.6 Å². The average Bonchev–Trinajstić information content (AvgIpc) is 3.03. The molecule has 0 saturated carbocycles. The van der Waals surface area contributed by atoms with Crippen LogP contribution in [0.1, 0.15) is 24.3 Å². The Bertz CT molecular complexity index is 796. The minimum Gasteiger partial charge on any atom is -0.493 e. The van der Waals surface area contributed by atoms with E-state index in [1.165, 1.54) is 11.3 Å². The second kappa shape index (κ2) is 5.69. The zero-order chi connectivity index (χ0) is 14.8. The third-order valence-corrected chi connectivity index (χ3v) is 4.41. The van der Waals surface area contributed by atoms with Gasteiger partial charge in [-0.1, -0.05) is 29.5 Å². The topological polar surface area (TPSA) is 49.9 Å². The Labute approximate surface area is 127 Å². The van der Waals surface area contributed by atoms with Crippen molar-refractivity contribution in [2.24, 2.45) is 9.98 Å². The first kappa shape index (κ1) is 13.8. The Morgan fingerprint density at radius 2 is 2.14 bits per heavy atom. The van der Waals surface area contributed by atoms with Crippen LogP contribution in [0.15, 0.2) is 34.3 Å². The molecule has 0 unspecified atom stereocenters. The van der Waals surface area contributed by atoms with Gasteiger partial charge in [0.2, 0.25) is 5.88 Å². The highest BCUT2D eigenvalue weighted by atomic mass is 32.1. The predicted molar refractivity (Wildman–Crippen MR) is 88.2 cm³/mol. The number of hydrogen-bond acceptors (Lipinski definition) is 4. The summed E-state index contributed by atoms with van der Waals surface area (Å²) in [5, 5.41) is 10.4. The molecule has 1 N–H and O–H groups in total. The van der Waals surface area contributed by atoms with E-state index < -0.39 is 0 Å². The molecule has 0 saturated heterocycles. The van der Waals surface area contributed by atoms with Crippen LogP contribution >= 0.6 is 11.3 Å². The molecule has 2 aromatic rings. The lowest BCUT2D eigenvalue weighted by Crippen LogP contribution is -2.13. The second-order valence-electron chi connectivity index (χ2n) is 4.67. The molecule has 4 nitrogen and oxygen atoms in total. The number of nitrogens with zero attached hydrogens (tertiary/aromatic N) is 3. The lowest BCUT2D eigenvalue weighted by Gasteiger charge is -2.00. The van der Waals surface area contributed by atoms with Gasteiger partial charge in [-0.15, -0.1) is 0 Å². The van der Waals surface area contributed by atoms with Gasteiger partial charge in [0.15, 0.2) is 4.80 Å². The van der Waals surface area contributed by atoms with Crippen LogP contribution in [0, 0.1) is 0 Å². The van der Waals surface area contributed by atoms with Gasteiger partial charge in [-0.25, -0.2) is 0 Å². The van der Waals surface area contributed by atoms with E-state index in [1.54, 1.807) is 0 Å². The highest BCUT2D eigenvalue weighted by molar-refractivity contribution is 7.10. The molecule has 3 rings (SSSR count). The average molecular weight is 299 g/mol. The number of fused-ring (bicyclic) bond motifs is 1. The molecule has 0 spiro atoms. The number of aromatic nitrogens is 1. The van der Waals surface area contributed by atoms with E-state index in [0.717, 1.165) is 26.5 Å². The van der Waals surface area contributed by atoms with Crippen molar-refractivity contribution in [2.45, 2.75) is 20.4 Å². The molecule has 1 aliphatic rings. The van der Waals surface area contributed by atoms with E-state index in [1.807, 2.05) is 55.0 Å². The lowest BCUT2D eigenvalue weighted by molar-refractivity contribution is 0.415. The van der Waals surface area contributed by atoms with Crippen LogP contribution < -0.4 is 4.80 Å². The van der Waals surface area contributed by atoms with Gasteiger partial charge < -0.3 is 5.11 Å². The van der Waals surface area contributed by atoms with Gasteiger partial charge in [-0.2, -0.15) is 0 Å². The van der Waals surface area contributed by atoms with Crippen molar-refractivity contribution < 1.29 is 5.11 Å². The first-order valence-corrected chi connectivity index (χ1v) is 7.84. The Morgan fingerprint density at radius 1 is 1.33 bits per heavy atom. The highest BCUT2D eigenvalue weighted by Crippen LogP contribution is 2.34. The molecule has 1 aromatic heterocycles. The van der Waals surface area contributed by atoms with Gasteiger partial charge in [0, 0.05) is 30.4 Å². The van der Waals surface area contributed by atoms with Crippen LogP contribution in [0.2, 0.25) is 0 Å². The third kappa shape index (κ3) is 2.45. The van der Waals surface area contributed by atoms with E-state index >= 15 is 0 Å². The Hall–Kier alpha value is -2.14. The summed E-state index contributed by atoms with van der Waals surface area (Å²) in [4.78, 5) is 10.5. The lowest BCUT2D eigenvalue weighted by atomic mass is 10.1. The van der Waals surface area contributed by atoms with E-state index in [0.29, 0.717) is 13.1 Å². The van der Waals surface area contributed by atoms with Gasteiger partial charge in [-0.05, 0) is 26.0 Å². The number of thiazole rings is 1. The molecule has 0 aliphatic carbocycles. The van der Waals surface area contributed by atoms with Gasteiger partial charge in [0.25, 0.3) is 0 Å². The fraction of sp³-hybridized carbons (Fsp3) is 0.250. The zero-order valence-electron chi connectivity index (χ0n) is 12.1. The largest absolute Gasteiger partial charge is 0.493 e. The number of hydrogen-bond donors (Lipinski definition) is 1. The summed E-state index contributed by atoms with van der Waals surface area (Å²) in [6, 6.07) is 8.01. The van der Waals surface area contributed by atoms with Crippen molar-refractivity contribution in [1.29, 1.82) is 0 Å². The molecule has 0 bridgehead atoms. The smallest absolute Gasteiger partial charge is 0.211 e. The molecule has 0 atom stereocenters. The van der Waals surface area contributed by atoms with E-state index in [-0.39, 0.29) is 5.88 Å². The molecule has 0 fully saturated rings. The molecule has 1 aromatic carbocycles. The van der Waals surface area contributed by atoms with Crippen LogP contribution in [0.3, 0.4) is 0 Å². The molecule has 108 valence electrons. The minimum absolute atomic E-state index is 0.278. The molecule has 0 amide bonds. The van der Waals surface area contributed by atoms with Crippen LogP contribution in [0.4, 0.5) is 5.69 Å². The minimum atomic E-state index is 0.278. The molecule has 5 heteroatoms. The number of para-hydroxylation sites is 1. The number of aromatic hydroxyl groups is 1. The standard InChI is InChI=1S/C16H17N3OS/c1-3-17-16-19(4-2)15(20)14(21-16)9-11-10-18-13-8-6-5-7-12(11)13/h5-10,20H,3-4H2,1-2H3/b11-9+,17-16?. The highest BCUT2D eigenvalue weighted by Gasteiger charge is 2.14. The van der Waals surface area contributed by atoms with E-state index in [2.05, 4.69) is 9.98 Å². The number of allylic oxidation sites excluding steroid dienone is 1. The van der Waals surface area contributed by atoms with Crippen LogP contribution in [0.5, 0.6) is 5.88 Å². The molecular formula is C16H17N3OS. The maximum atomic E-state index is 10.4. The SMILES string of the molecule is CCN=c1sc(/C=C2\C=Nc3ccccc32)c(O)n1CC. The van der Waals surface area contributed by atoms with Gasteiger partial charge in [0.1, 0.15) is 0 Å². The number of rotatable bonds is 3. The van der Waals surface area contributed by atoms with Crippen molar-refractivity contribution in [1.82, 2.24) is 4.57 Å². The summed E-state index contributed by atoms with van der Waals surface area (Å²) >= 11 is 1.51. The van der Waals surface area contributed by atoms with Crippen LogP contribution in [0.25, 0.3) is 11.6 Å². The molecular weight excluding hydrogens is 282 g/mol.